The number of pyridine rings is 1. The van der Waals surface area contributed by atoms with Crippen molar-refractivity contribution in [1.82, 2.24) is 4.98 Å². The van der Waals surface area contributed by atoms with E-state index in [1.807, 2.05) is 19.1 Å². The van der Waals surface area contributed by atoms with Gasteiger partial charge >= 0.3 is 0 Å². The van der Waals surface area contributed by atoms with E-state index in [2.05, 4.69) is 4.98 Å². The maximum absolute atomic E-state index is 9.28. The fraction of sp³-hybridized carbons (Fsp3) is 0.182. The molecular weight excluding hydrogens is 178 g/mol. The Labute approximate surface area is 82.0 Å². The van der Waals surface area contributed by atoms with Gasteiger partial charge in [0.25, 0.3) is 0 Å². The summed E-state index contributed by atoms with van der Waals surface area (Å²) in [7, 11) is 1.61. The van der Waals surface area contributed by atoms with E-state index in [1.165, 1.54) is 6.20 Å². The number of hydrogen-bond acceptors (Lipinski definition) is 3. The van der Waals surface area contributed by atoms with Gasteiger partial charge in [0.15, 0.2) is 0 Å². The number of aryl methyl sites for hydroxylation is 1. The molecule has 1 heterocycles. The van der Waals surface area contributed by atoms with E-state index in [9.17, 15) is 5.11 Å². The first-order valence-corrected chi connectivity index (χ1v) is 4.34. The number of aromatic hydroxyl groups is 1. The van der Waals surface area contributed by atoms with Crippen molar-refractivity contribution in [1.29, 1.82) is 0 Å². The second-order valence-corrected chi connectivity index (χ2v) is 3.23. The number of methoxy groups -OCH3 is 1. The molecule has 2 aromatic rings. The molecule has 3 heteroatoms. The van der Waals surface area contributed by atoms with E-state index in [4.69, 9.17) is 4.74 Å². The van der Waals surface area contributed by atoms with Crippen LogP contribution in [0.5, 0.6) is 11.5 Å². The Bertz CT molecular complexity index is 475. The van der Waals surface area contributed by atoms with E-state index >= 15 is 0 Å². The molecule has 1 aromatic heterocycles. The molecule has 72 valence electrons. The third kappa shape index (κ3) is 1.37. The van der Waals surface area contributed by atoms with Gasteiger partial charge in [-0.3, -0.25) is 0 Å². The fourth-order valence-electron chi connectivity index (χ4n) is 1.50. The van der Waals surface area contributed by atoms with E-state index < -0.39 is 0 Å². The summed E-state index contributed by atoms with van der Waals surface area (Å²) in [6.07, 6.45) is 1.42. The highest BCUT2D eigenvalue weighted by molar-refractivity contribution is 5.86. The Kier molecular flexibility index (Phi) is 2.00. The van der Waals surface area contributed by atoms with Crippen LogP contribution in [0.4, 0.5) is 0 Å². The fourth-order valence-corrected chi connectivity index (χ4v) is 1.50. The maximum Gasteiger partial charge on any atom is 0.145 e. The van der Waals surface area contributed by atoms with Gasteiger partial charge in [0.05, 0.1) is 13.3 Å². The topological polar surface area (TPSA) is 42.4 Å². The number of fused-ring (bicyclic) bond motifs is 1. The Balaban J connectivity index is 2.81. The normalized spacial score (nSPS) is 10.4. The Morgan fingerprint density at radius 1 is 1.29 bits per heavy atom. The molecule has 0 aliphatic rings. The molecule has 0 amide bonds. The van der Waals surface area contributed by atoms with Crippen molar-refractivity contribution in [3.8, 4) is 11.5 Å². The summed E-state index contributed by atoms with van der Waals surface area (Å²) >= 11 is 0. The van der Waals surface area contributed by atoms with Crippen LogP contribution in [0.25, 0.3) is 10.9 Å². The Morgan fingerprint density at radius 3 is 2.79 bits per heavy atom. The van der Waals surface area contributed by atoms with Crippen LogP contribution in [0.3, 0.4) is 0 Å². The van der Waals surface area contributed by atoms with Crippen LogP contribution in [0.1, 0.15) is 5.56 Å². The van der Waals surface area contributed by atoms with Crippen molar-refractivity contribution in [2.45, 2.75) is 6.92 Å². The summed E-state index contributed by atoms with van der Waals surface area (Å²) in [5.41, 5.74) is 1.86. The van der Waals surface area contributed by atoms with Gasteiger partial charge in [-0.05, 0) is 30.7 Å². The molecule has 1 aromatic carbocycles. The molecule has 0 bridgehead atoms. The SMILES string of the molecule is COc1cc(C)cc2cc(O)cnc12. The number of hydrogen-bond donors (Lipinski definition) is 1. The van der Waals surface area contributed by atoms with E-state index in [1.54, 1.807) is 13.2 Å². The quantitative estimate of drug-likeness (QED) is 0.748. The minimum Gasteiger partial charge on any atom is -0.506 e. The number of ether oxygens (including phenoxy) is 1. The van der Waals surface area contributed by atoms with Gasteiger partial charge in [0.1, 0.15) is 17.0 Å². The Hall–Kier alpha value is -1.77. The standard InChI is InChI=1S/C11H11NO2/c1-7-3-8-5-9(13)6-12-11(8)10(4-7)14-2/h3-6,13H,1-2H3. The highest BCUT2D eigenvalue weighted by Gasteiger charge is 2.04. The lowest BCUT2D eigenvalue weighted by Crippen LogP contribution is -1.88. The van der Waals surface area contributed by atoms with Crippen molar-refractivity contribution >= 4 is 10.9 Å². The summed E-state index contributed by atoms with van der Waals surface area (Å²) in [5.74, 6) is 0.908. The molecule has 0 fully saturated rings. The van der Waals surface area contributed by atoms with Crippen molar-refractivity contribution in [3.05, 3.63) is 30.0 Å². The molecule has 0 aliphatic carbocycles. The van der Waals surface area contributed by atoms with Crippen molar-refractivity contribution in [3.63, 3.8) is 0 Å². The molecule has 2 rings (SSSR count). The van der Waals surface area contributed by atoms with Crippen LogP contribution in [-0.4, -0.2) is 17.2 Å². The van der Waals surface area contributed by atoms with Crippen molar-refractivity contribution in [2.24, 2.45) is 0 Å². The minimum absolute atomic E-state index is 0.171. The van der Waals surface area contributed by atoms with Gasteiger partial charge < -0.3 is 9.84 Å². The van der Waals surface area contributed by atoms with Crippen LogP contribution in [0.15, 0.2) is 24.4 Å². The molecule has 3 nitrogen and oxygen atoms in total. The molecule has 0 unspecified atom stereocenters. The van der Waals surface area contributed by atoms with Crippen molar-refractivity contribution in [2.75, 3.05) is 7.11 Å². The summed E-state index contributed by atoms with van der Waals surface area (Å²) < 4.78 is 5.20. The third-order valence-corrected chi connectivity index (χ3v) is 2.10. The molecule has 0 atom stereocenters. The molecule has 0 spiro atoms. The maximum atomic E-state index is 9.28. The van der Waals surface area contributed by atoms with Gasteiger partial charge in [-0.1, -0.05) is 0 Å². The second kappa shape index (κ2) is 3.18. The van der Waals surface area contributed by atoms with Gasteiger partial charge in [-0.15, -0.1) is 0 Å². The van der Waals surface area contributed by atoms with E-state index in [0.29, 0.717) is 0 Å². The van der Waals surface area contributed by atoms with Crippen molar-refractivity contribution < 1.29 is 9.84 Å². The third-order valence-electron chi connectivity index (χ3n) is 2.10. The molecular formula is C11H11NO2. The lowest BCUT2D eigenvalue weighted by Gasteiger charge is -2.06. The monoisotopic (exact) mass is 189 g/mol. The molecule has 0 aliphatic heterocycles. The van der Waals surface area contributed by atoms with Gasteiger partial charge in [-0.25, -0.2) is 4.98 Å². The largest absolute Gasteiger partial charge is 0.506 e. The zero-order chi connectivity index (χ0) is 10.1. The number of benzene rings is 1. The summed E-state index contributed by atoms with van der Waals surface area (Å²) in [5, 5.41) is 10.2. The zero-order valence-electron chi connectivity index (χ0n) is 8.11. The van der Waals surface area contributed by atoms with Crippen LogP contribution in [0, 0.1) is 6.92 Å². The molecule has 1 N–H and O–H groups in total. The number of rotatable bonds is 1. The smallest absolute Gasteiger partial charge is 0.145 e. The van der Waals surface area contributed by atoms with E-state index in [0.717, 1.165) is 22.2 Å². The molecule has 0 radical (unpaired) electrons. The minimum atomic E-state index is 0.171. The van der Waals surface area contributed by atoms with Gasteiger partial charge in [-0.2, -0.15) is 0 Å². The first-order chi connectivity index (χ1) is 6.70. The second-order valence-electron chi connectivity index (χ2n) is 3.23. The summed E-state index contributed by atoms with van der Waals surface area (Å²) in [6, 6.07) is 5.56. The predicted molar refractivity (Wildman–Crippen MR) is 54.7 cm³/mol. The molecule has 0 saturated carbocycles. The Morgan fingerprint density at radius 2 is 2.07 bits per heavy atom. The highest BCUT2D eigenvalue weighted by Crippen LogP contribution is 2.27. The number of nitrogens with zero attached hydrogens (tertiary/aromatic N) is 1. The van der Waals surface area contributed by atoms with Gasteiger partial charge in [0, 0.05) is 5.39 Å². The molecule has 0 saturated heterocycles. The average molecular weight is 189 g/mol. The van der Waals surface area contributed by atoms with Gasteiger partial charge in [0.2, 0.25) is 0 Å². The number of aromatic nitrogens is 1. The lowest BCUT2D eigenvalue weighted by atomic mass is 10.1. The van der Waals surface area contributed by atoms with Crippen LogP contribution in [-0.2, 0) is 0 Å². The summed E-state index contributed by atoms with van der Waals surface area (Å²) in [4.78, 5) is 4.12. The first-order valence-electron chi connectivity index (χ1n) is 4.34. The first kappa shape index (κ1) is 8.81. The van der Waals surface area contributed by atoms with Crippen LogP contribution < -0.4 is 4.74 Å². The lowest BCUT2D eigenvalue weighted by molar-refractivity contribution is 0.418. The average Bonchev–Trinajstić information content (AvgIpc) is 2.15. The van der Waals surface area contributed by atoms with Crippen LogP contribution >= 0.6 is 0 Å². The zero-order valence-corrected chi connectivity index (χ0v) is 8.11. The highest BCUT2D eigenvalue weighted by atomic mass is 16.5. The molecule has 14 heavy (non-hydrogen) atoms. The predicted octanol–water partition coefficient (Wildman–Crippen LogP) is 2.26. The van der Waals surface area contributed by atoms with E-state index in [-0.39, 0.29) is 5.75 Å². The summed E-state index contributed by atoms with van der Waals surface area (Å²) in [6.45, 7) is 1.98. The van der Waals surface area contributed by atoms with Crippen LogP contribution in [0.2, 0.25) is 0 Å².